The molecule has 0 aliphatic carbocycles. The molecule has 0 aliphatic rings. The van der Waals surface area contributed by atoms with Crippen molar-refractivity contribution in [2.24, 2.45) is 11.7 Å². The first-order chi connectivity index (χ1) is 10.5. The molecule has 22 heavy (non-hydrogen) atoms. The van der Waals surface area contributed by atoms with Crippen molar-refractivity contribution in [3.05, 3.63) is 29.8 Å². The second-order valence-electron chi connectivity index (χ2n) is 5.73. The monoisotopic (exact) mass is 308 g/mol. The molecule has 2 unspecified atom stereocenters. The quantitative estimate of drug-likeness (QED) is 0.729. The van der Waals surface area contributed by atoms with Gasteiger partial charge in [-0.05, 0) is 24.0 Å². The molecule has 1 amide bonds. The molecule has 0 saturated heterocycles. The lowest BCUT2D eigenvalue weighted by Gasteiger charge is -2.24. The topological polar surface area (TPSA) is 73.6 Å². The summed E-state index contributed by atoms with van der Waals surface area (Å²) in [6.45, 7) is 4.52. The summed E-state index contributed by atoms with van der Waals surface area (Å²) in [6.07, 6.45) is 0.773. The number of hydrogen-bond donors (Lipinski definition) is 2. The Labute approximate surface area is 133 Å². The molecule has 5 heteroatoms. The van der Waals surface area contributed by atoms with Gasteiger partial charge in [0.05, 0.1) is 19.6 Å². The summed E-state index contributed by atoms with van der Waals surface area (Å²) in [4.78, 5) is 12.2. The van der Waals surface area contributed by atoms with Crippen molar-refractivity contribution in [3.63, 3.8) is 0 Å². The van der Waals surface area contributed by atoms with Crippen LogP contribution >= 0.6 is 0 Å². The smallest absolute Gasteiger partial charge is 0.222 e. The first kappa shape index (κ1) is 18.5. The molecule has 0 spiro atoms. The maximum absolute atomic E-state index is 12.2. The molecule has 0 radical (unpaired) electrons. The van der Waals surface area contributed by atoms with Gasteiger partial charge in [-0.3, -0.25) is 4.79 Å². The predicted octanol–water partition coefficient (Wildman–Crippen LogP) is 1.74. The Balaban J connectivity index is 2.71. The van der Waals surface area contributed by atoms with Crippen molar-refractivity contribution in [1.82, 2.24) is 5.32 Å². The molecule has 1 rings (SSSR count). The summed E-state index contributed by atoms with van der Waals surface area (Å²) in [7, 11) is 3.23. The summed E-state index contributed by atoms with van der Waals surface area (Å²) in [6, 6.07) is 7.92. The number of ether oxygens (including phenoxy) is 2. The lowest BCUT2D eigenvalue weighted by atomic mass is 9.95. The van der Waals surface area contributed by atoms with E-state index in [1.165, 1.54) is 0 Å². The van der Waals surface area contributed by atoms with Gasteiger partial charge in [0.25, 0.3) is 0 Å². The van der Waals surface area contributed by atoms with E-state index in [1.54, 1.807) is 14.2 Å². The van der Waals surface area contributed by atoms with Gasteiger partial charge in [-0.25, -0.2) is 0 Å². The van der Waals surface area contributed by atoms with Crippen LogP contribution in [0.25, 0.3) is 0 Å². The Morgan fingerprint density at radius 1 is 1.27 bits per heavy atom. The highest BCUT2D eigenvalue weighted by Gasteiger charge is 2.20. The number of amides is 1. The molecule has 1 aromatic carbocycles. The Morgan fingerprint density at radius 3 is 2.50 bits per heavy atom. The standard InChI is InChI=1S/C17H28N2O3/c1-12(2)15(19-17(20)10-14(11-18)21-3)9-13-7-5-6-8-16(13)22-4/h5-8,12,14-15H,9-11,18H2,1-4H3,(H,19,20). The number of rotatable bonds is 9. The molecule has 0 heterocycles. The van der Waals surface area contributed by atoms with Crippen molar-refractivity contribution >= 4 is 5.91 Å². The number of methoxy groups -OCH3 is 2. The van der Waals surface area contributed by atoms with Gasteiger partial charge in [0.15, 0.2) is 0 Å². The zero-order valence-electron chi connectivity index (χ0n) is 14.0. The Morgan fingerprint density at radius 2 is 1.95 bits per heavy atom. The van der Waals surface area contributed by atoms with Gasteiger partial charge < -0.3 is 20.5 Å². The molecule has 5 nitrogen and oxygen atoms in total. The SMILES string of the molecule is COc1ccccc1CC(NC(=O)CC(CN)OC)C(C)C. The molecule has 0 fully saturated rings. The van der Waals surface area contributed by atoms with E-state index in [0.29, 0.717) is 12.5 Å². The van der Waals surface area contributed by atoms with Crippen LogP contribution in [-0.2, 0) is 16.0 Å². The third kappa shape index (κ3) is 5.66. The van der Waals surface area contributed by atoms with E-state index in [1.807, 2.05) is 24.3 Å². The summed E-state index contributed by atoms with van der Waals surface area (Å²) in [5.74, 6) is 1.12. The fourth-order valence-corrected chi connectivity index (χ4v) is 2.30. The van der Waals surface area contributed by atoms with Crippen LogP contribution in [-0.4, -0.2) is 38.8 Å². The van der Waals surface area contributed by atoms with Gasteiger partial charge in [0.1, 0.15) is 5.75 Å². The van der Waals surface area contributed by atoms with Crippen LogP contribution in [0, 0.1) is 5.92 Å². The molecular formula is C17H28N2O3. The van der Waals surface area contributed by atoms with Gasteiger partial charge in [0.2, 0.25) is 5.91 Å². The van der Waals surface area contributed by atoms with Crippen LogP contribution in [0.4, 0.5) is 0 Å². The molecule has 124 valence electrons. The highest BCUT2D eigenvalue weighted by atomic mass is 16.5. The van der Waals surface area contributed by atoms with E-state index in [0.717, 1.165) is 17.7 Å². The first-order valence-corrected chi connectivity index (χ1v) is 7.65. The summed E-state index contributed by atoms with van der Waals surface area (Å²) >= 11 is 0. The number of nitrogens with one attached hydrogen (secondary N) is 1. The number of benzene rings is 1. The number of nitrogens with two attached hydrogens (primary N) is 1. The molecular weight excluding hydrogens is 280 g/mol. The predicted molar refractivity (Wildman–Crippen MR) is 87.9 cm³/mol. The highest BCUT2D eigenvalue weighted by molar-refractivity contribution is 5.76. The number of para-hydroxylation sites is 1. The first-order valence-electron chi connectivity index (χ1n) is 7.65. The summed E-state index contributed by atoms with van der Waals surface area (Å²) in [5, 5.41) is 3.09. The van der Waals surface area contributed by atoms with Crippen molar-refractivity contribution in [2.75, 3.05) is 20.8 Å². The van der Waals surface area contributed by atoms with Crippen LogP contribution < -0.4 is 15.8 Å². The van der Waals surface area contributed by atoms with Crippen LogP contribution in [0.5, 0.6) is 5.75 Å². The van der Waals surface area contributed by atoms with Crippen molar-refractivity contribution in [2.45, 2.75) is 38.8 Å². The van der Waals surface area contributed by atoms with Gasteiger partial charge >= 0.3 is 0 Å². The largest absolute Gasteiger partial charge is 0.496 e. The number of carbonyl (C=O) groups excluding carboxylic acids is 1. The zero-order chi connectivity index (χ0) is 16.5. The lowest BCUT2D eigenvalue weighted by molar-refractivity contribution is -0.124. The third-order valence-electron chi connectivity index (χ3n) is 3.79. The maximum Gasteiger partial charge on any atom is 0.222 e. The van der Waals surface area contributed by atoms with E-state index in [2.05, 4.69) is 19.2 Å². The van der Waals surface area contributed by atoms with Crippen LogP contribution in [0.3, 0.4) is 0 Å². The summed E-state index contributed by atoms with van der Waals surface area (Å²) < 4.78 is 10.5. The van der Waals surface area contributed by atoms with Gasteiger partial charge in [-0.2, -0.15) is 0 Å². The van der Waals surface area contributed by atoms with Crippen molar-refractivity contribution in [3.8, 4) is 5.75 Å². The molecule has 0 aliphatic heterocycles. The Kier molecular flexibility index (Phi) is 7.91. The average Bonchev–Trinajstić information content (AvgIpc) is 2.52. The zero-order valence-corrected chi connectivity index (χ0v) is 14.0. The van der Waals surface area contributed by atoms with Crippen LogP contribution in [0.15, 0.2) is 24.3 Å². The number of hydrogen-bond acceptors (Lipinski definition) is 4. The van der Waals surface area contributed by atoms with E-state index >= 15 is 0 Å². The van der Waals surface area contributed by atoms with Crippen molar-refractivity contribution in [1.29, 1.82) is 0 Å². The minimum absolute atomic E-state index is 0.0362. The van der Waals surface area contributed by atoms with Gasteiger partial charge in [-0.1, -0.05) is 32.0 Å². The van der Waals surface area contributed by atoms with E-state index < -0.39 is 0 Å². The minimum atomic E-state index is -0.237. The van der Waals surface area contributed by atoms with Crippen LogP contribution in [0.1, 0.15) is 25.8 Å². The fourth-order valence-electron chi connectivity index (χ4n) is 2.30. The number of carbonyl (C=O) groups is 1. The van der Waals surface area contributed by atoms with E-state index in [4.69, 9.17) is 15.2 Å². The Bertz CT molecular complexity index is 459. The molecule has 3 N–H and O–H groups in total. The van der Waals surface area contributed by atoms with Gasteiger partial charge in [-0.15, -0.1) is 0 Å². The average molecular weight is 308 g/mol. The van der Waals surface area contributed by atoms with Crippen molar-refractivity contribution < 1.29 is 14.3 Å². The molecule has 2 atom stereocenters. The third-order valence-corrected chi connectivity index (χ3v) is 3.79. The molecule has 0 bridgehead atoms. The van der Waals surface area contributed by atoms with E-state index in [9.17, 15) is 4.79 Å². The molecule has 0 aromatic heterocycles. The fraction of sp³-hybridized carbons (Fsp3) is 0.588. The highest BCUT2D eigenvalue weighted by Crippen LogP contribution is 2.21. The van der Waals surface area contributed by atoms with Gasteiger partial charge in [0, 0.05) is 19.7 Å². The minimum Gasteiger partial charge on any atom is -0.496 e. The summed E-state index contributed by atoms with van der Waals surface area (Å²) in [5.41, 5.74) is 6.65. The van der Waals surface area contributed by atoms with Crippen LogP contribution in [0.2, 0.25) is 0 Å². The maximum atomic E-state index is 12.2. The second-order valence-corrected chi connectivity index (χ2v) is 5.73. The Hall–Kier alpha value is -1.59. The second kappa shape index (κ2) is 9.43. The molecule has 0 saturated carbocycles. The normalized spacial score (nSPS) is 13.7. The van der Waals surface area contributed by atoms with E-state index in [-0.39, 0.29) is 24.5 Å². The molecule has 1 aromatic rings. The lowest BCUT2D eigenvalue weighted by Crippen LogP contribution is -2.42.